The van der Waals surface area contributed by atoms with Gasteiger partial charge < -0.3 is 0 Å². The molecule has 1 spiro atoms. The molecule has 5 aromatic carbocycles. The molecule has 5 aromatic rings. The molecule has 0 aliphatic carbocycles. The first-order chi connectivity index (χ1) is 16.8. The van der Waals surface area contributed by atoms with E-state index in [0.717, 1.165) is 32.2 Å². The molecule has 0 saturated carbocycles. The fourth-order valence-electron chi connectivity index (χ4n) is 5.77. The van der Waals surface area contributed by atoms with Crippen molar-refractivity contribution in [1.29, 1.82) is 0 Å². The molecule has 3 nitrogen and oxygen atoms in total. The van der Waals surface area contributed by atoms with E-state index in [1.54, 1.807) is 0 Å². The van der Waals surface area contributed by atoms with Gasteiger partial charge in [0.15, 0.2) is 0 Å². The summed E-state index contributed by atoms with van der Waals surface area (Å²) in [5, 5.41) is 5.75. The quantitative estimate of drug-likeness (QED) is 0.252. The minimum atomic E-state index is -4.30. The number of hydrogen-bond donors (Lipinski definition) is 0. The first kappa shape index (κ1) is 20.7. The molecule has 0 radical (unpaired) electrons. The van der Waals surface area contributed by atoms with Crippen molar-refractivity contribution in [3.8, 4) is 11.5 Å². The summed E-state index contributed by atoms with van der Waals surface area (Å²) in [6.45, 7) is 6.52. The van der Waals surface area contributed by atoms with Crippen LogP contribution in [-0.4, -0.2) is 5.52 Å². The summed E-state index contributed by atoms with van der Waals surface area (Å²) in [7, 11) is -4.30. The molecule has 4 heteroatoms. The monoisotopic (exact) mass is 476 g/mol. The van der Waals surface area contributed by atoms with Gasteiger partial charge in [-0.3, -0.25) is 0 Å². The van der Waals surface area contributed by atoms with Crippen molar-refractivity contribution in [3.05, 3.63) is 108 Å². The van der Waals surface area contributed by atoms with Gasteiger partial charge in [0.1, 0.15) is 0 Å². The maximum atomic E-state index is 15.0. The second-order valence-electron chi connectivity index (χ2n) is 10.5. The Morgan fingerprint density at radius 2 is 1.09 bits per heavy atom. The second kappa shape index (κ2) is 6.50. The molecule has 0 N–H and O–H groups in total. The number of benzene rings is 5. The van der Waals surface area contributed by atoms with E-state index < -0.39 is 7.06 Å². The van der Waals surface area contributed by atoms with Gasteiger partial charge in [-0.2, -0.15) is 0 Å². The van der Waals surface area contributed by atoms with Crippen LogP contribution in [0.1, 0.15) is 36.7 Å². The first-order valence-corrected chi connectivity index (χ1v) is 14.0. The van der Waals surface area contributed by atoms with Crippen molar-refractivity contribution in [2.24, 2.45) is 0 Å². The molecule has 2 aliphatic rings. The van der Waals surface area contributed by atoms with E-state index in [1.807, 2.05) is 60.7 Å². The summed E-state index contributed by atoms with van der Waals surface area (Å²) in [6, 6.07) is 32.2. The maximum absolute atomic E-state index is 15.0. The zero-order chi connectivity index (χ0) is 24.0. The molecule has 0 atom stereocenters. The third kappa shape index (κ3) is 2.42. The molecule has 172 valence electrons. The van der Waals surface area contributed by atoms with E-state index in [9.17, 15) is 4.79 Å². The molecule has 0 saturated heterocycles. The Morgan fingerprint density at radius 3 is 1.54 bits per heavy atom. The Hall–Kier alpha value is -3.68. The number of hydrogen-bond acceptors (Lipinski definition) is 3. The van der Waals surface area contributed by atoms with E-state index in [2.05, 4.69) is 57.2 Å². The van der Waals surface area contributed by atoms with Crippen molar-refractivity contribution >= 4 is 44.7 Å². The van der Waals surface area contributed by atoms with Crippen LogP contribution >= 0.6 is 7.06 Å². The van der Waals surface area contributed by atoms with Gasteiger partial charge >= 0.3 is 204 Å². The number of carbonyl (C=O) groups is 1. The van der Waals surface area contributed by atoms with Gasteiger partial charge in [-0.15, -0.1) is 0 Å². The van der Waals surface area contributed by atoms with Gasteiger partial charge in [-0.1, -0.05) is 0 Å². The third-order valence-corrected chi connectivity index (χ3v) is 12.1. The van der Waals surface area contributed by atoms with Gasteiger partial charge in [0, 0.05) is 0 Å². The van der Waals surface area contributed by atoms with E-state index in [-0.39, 0.29) is 10.9 Å². The van der Waals surface area contributed by atoms with Crippen molar-refractivity contribution < 1.29 is 13.8 Å². The van der Waals surface area contributed by atoms with Crippen LogP contribution in [0.2, 0.25) is 0 Å². The Balaban J connectivity index is 1.59. The van der Waals surface area contributed by atoms with Crippen molar-refractivity contribution in [1.82, 2.24) is 0 Å². The molecule has 2 aliphatic heterocycles. The number of carbonyl (C=O) groups excluding carboxylic acids is 1. The van der Waals surface area contributed by atoms with Gasteiger partial charge in [-0.05, 0) is 0 Å². The molecule has 0 fully saturated rings. The summed E-state index contributed by atoms with van der Waals surface area (Å²) >= 11 is 0. The molecule has 0 aromatic heterocycles. The average molecular weight is 477 g/mol. The van der Waals surface area contributed by atoms with E-state index in [0.29, 0.717) is 17.1 Å². The van der Waals surface area contributed by atoms with Crippen LogP contribution in [0.15, 0.2) is 97.1 Å². The Bertz CT molecular complexity index is 1610. The van der Waals surface area contributed by atoms with Gasteiger partial charge in [0.05, 0.1) is 0 Å². The van der Waals surface area contributed by atoms with Crippen LogP contribution in [0.25, 0.3) is 21.5 Å². The van der Waals surface area contributed by atoms with Crippen molar-refractivity contribution in [2.45, 2.75) is 26.2 Å². The zero-order valence-corrected chi connectivity index (χ0v) is 20.8. The minimum absolute atomic E-state index is 0.00826. The average Bonchev–Trinajstić information content (AvgIpc) is 3.33. The number of fused-ring (bicyclic) bond motifs is 2. The molecular formula is C31H25O3P. The molecule has 7 rings (SSSR count). The molecule has 0 amide bonds. The van der Waals surface area contributed by atoms with E-state index in [4.69, 9.17) is 9.05 Å². The van der Waals surface area contributed by atoms with Crippen LogP contribution in [0, 0.1) is 0 Å². The van der Waals surface area contributed by atoms with Crippen LogP contribution in [0.4, 0.5) is 0 Å². The third-order valence-electron chi connectivity index (χ3n) is 7.48. The fourth-order valence-corrected chi connectivity index (χ4v) is 10.7. The summed E-state index contributed by atoms with van der Waals surface area (Å²) in [5.74, 6) is 1.42. The topological polar surface area (TPSA) is 35.5 Å². The first-order valence-electron chi connectivity index (χ1n) is 11.9. The standard InChI is InChI=1S/C31H25O3P/c1-31(2,3)23-18-16-22(17-19-23)30(32)35(26-14-6-10-20-8-4-12-24(33-35)28(20)26)27-15-7-11-21-9-5-13-25(34-35)29(21)27/h4-19H,1-3H3. The molecule has 35 heavy (non-hydrogen) atoms. The molecule has 2 heterocycles. The number of rotatable bonds is 2. The van der Waals surface area contributed by atoms with Gasteiger partial charge in [0.2, 0.25) is 0 Å². The van der Waals surface area contributed by atoms with Crippen LogP contribution in [-0.2, 0) is 5.41 Å². The fraction of sp³-hybridized carbons (Fsp3) is 0.129. The van der Waals surface area contributed by atoms with Crippen LogP contribution < -0.4 is 19.7 Å². The van der Waals surface area contributed by atoms with Crippen LogP contribution in [0.5, 0.6) is 11.5 Å². The summed E-state index contributed by atoms with van der Waals surface area (Å²) < 4.78 is 14.0. The SMILES string of the molecule is CC(C)(C)c1ccc(C(=O)P23(Oc4cccc5cccc2c45)Oc2cccc4cccc3c24)cc1. The predicted octanol–water partition coefficient (Wildman–Crippen LogP) is 7.25. The summed E-state index contributed by atoms with van der Waals surface area (Å²) in [5.41, 5.74) is 1.68. The van der Waals surface area contributed by atoms with E-state index in [1.165, 1.54) is 5.56 Å². The Labute approximate surface area is 204 Å². The predicted molar refractivity (Wildman–Crippen MR) is 145 cm³/mol. The van der Waals surface area contributed by atoms with Gasteiger partial charge in [-0.25, -0.2) is 0 Å². The van der Waals surface area contributed by atoms with Crippen molar-refractivity contribution in [3.63, 3.8) is 0 Å². The summed E-state index contributed by atoms with van der Waals surface area (Å²) in [6.07, 6.45) is 0. The van der Waals surface area contributed by atoms with Crippen molar-refractivity contribution in [2.75, 3.05) is 0 Å². The van der Waals surface area contributed by atoms with Gasteiger partial charge in [0.25, 0.3) is 0 Å². The van der Waals surface area contributed by atoms with Crippen LogP contribution in [0.3, 0.4) is 0 Å². The molecular weight excluding hydrogens is 451 g/mol. The molecule has 0 bridgehead atoms. The normalized spacial score (nSPS) is 17.6. The Kier molecular flexibility index (Phi) is 3.84. The summed E-state index contributed by atoms with van der Waals surface area (Å²) in [4.78, 5) is 15.0. The van der Waals surface area contributed by atoms with E-state index >= 15 is 0 Å². The second-order valence-corrected chi connectivity index (χ2v) is 14.2. The zero-order valence-electron chi connectivity index (χ0n) is 19.9. The molecule has 0 unspecified atom stereocenters. The Morgan fingerprint density at radius 1 is 0.629 bits per heavy atom.